The zero-order valence-corrected chi connectivity index (χ0v) is 10.5. The Kier molecular flexibility index (Phi) is 3.78. The van der Waals surface area contributed by atoms with Gasteiger partial charge in [0.2, 0.25) is 5.88 Å². The van der Waals surface area contributed by atoms with E-state index in [0.717, 1.165) is 18.8 Å². The second-order valence-electron chi connectivity index (χ2n) is 4.54. The molecule has 1 aliphatic heterocycles. The average molecular weight is 236 g/mol. The van der Waals surface area contributed by atoms with Gasteiger partial charge >= 0.3 is 0 Å². The minimum absolute atomic E-state index is 0.142. The normalized spacial score (nSPS) is 22.3. The molecule has 0 amide bonds. The van der Waals surface area contributed by atoms with Gasteiger partial charge in [-0.05, 0) is 26.2 Å². The SMILES string of the molecule is COc1cncc(N2CCCCC2C(C)N)n1. The van der Waals surface area contributed by atoms with Gasteiger partial charge in [-0.3, -0.25) is 4.98 Å². The summed E-state index contributed by atoms with van der Waals surface area (Å²) in [5, 5.41) is 0. The first-order chi connectivity index (χ1) is 8.22. The molecule has 0 spiro atoms. The van der Waals surface area contributed by atoms with E-state index in [4.69, 9.17) is 10.5 Å². The molecule has 1 aromatic rings. The fourth-order valence-electron chi connectivity index (χ4n) is 2.36. The summed E-state index contributed by atoms with van der Waals surface area (Å²) in [4.78, 5) is 10.8. The van der Waals surface area contributed by atoms with Gasteiger partial charge in [0.25, 0.3) is 0 Å². The van der Waals surface area contributed by atoms with E-state index in [1.165, 1.54) is 12.8 Å². The Labute approximate surface area is 102 Å². The molecule has 0 radical (unpaired) electrons. The van der Waals surface area contributed by atoms with Crippen molar-refractivity contribution in [2.24, 2.45) is 5.73 Å². The van der Waals surface area contributed by atoms with E-state index >= 15 is 0 Å². The van der Waals surface area contributed by atoms with Crippen LogP contribution in [0.4, 0.5) is 5.82 Å². The van der Waals surface area contributed by atoms with Crippen LogP contribution in [0, 0.1) is 0 Å². The first-order valence-corrected chi connectivity index (χ1v) is 6.10. The first-order valence-electron chi connectivity index (χ1n) is 6.10. The highest BCUT2D eigenvalue weighted by Gasteiger charge is 2.26. The van der Waals surface area contributed by atoms with Crippen LogP contribution >= 0.6 is 0 Å². The third kappa shape index (κ3) is 2.66. The number of piperidine rings is 1. The molecular formula is C12H20N4O. The predicted molar refractivity (Wildman–Crippen MR) is 67.2 cm³/mol. The highest BCUT2D eigenvalue weighted by Crippen LogP contribution is 2.25. The summed E-state index contributed by atoms with van der Waals surface area (Å²) < 4.78 is 5.11. The van der Waals surface area contributed by atoms with Crippen LogP contribution in [0.2, 0.25) is 0 Å². The predicted octanol–water partition coefficient (Wildman–Crippen LogP) is 1.19. The van der Waals surface area contributed by atoms with Gasteiger partial charge in [-0.1, -0.05) is 0 Å². The van der Waals surface area contributed by atoms with E-state index in [1.807, 2.05) is 0 Å². The molecule has 2 unspecified atom stereocenters. The van der Waals surface area contributed by atoms with E-state index < -0.39 is 0 Å². The highest BCUT2D eigenvalue weighted by molar-refractivity contribution is 5.40. The lowest BCUT2D eigenvalue weighted by Gasteiger charge is -2.38. The number of methoxy groups -OCH3 is 1. The van der Waals surface area contributed by atoms with E-state index in [9.17, 15) is 0 Å². The molecule has 1 aliphatic rings. The number of nitrogens with zero attached hydrogens (tertiary/aromatic N) is 3. The Balaban J connectivity index is 2.22. The summed E-state index contributed by atoms with van der Waals surface area (Å²) in [7, 11) is 1.60. The van der Waals surface area contributed by atoms with Crippen molar-refractivity contribution >= 4 is 5.82 Å². The van der Waals surface area contributed by atoms with Crippen LogP contribution in [-0.2, 0) is 0 Å². The number of ether oxygens (including phenoxy) is 1. The molecule has 0 aromatic carbocycles. The number of nitrogens with two attached hydrogens (primary N) is 1. The monoisotopic (exact) mass is 236 g/mol. The summed E-state index contributed by atoms with van der Waals surface area (Å²) in [5.74, 6) is 1.42. The molecule has 2 atom stereocenters. The summed E-state index contributed by atoms with van der Waals surface area (Å²) in [6.45, 7) is 3.05. The lowest BCUT2D eigenvalue weighted by Crippen LogP contribution is -2.49. The standard InChI is InChI=1S/C12H20N4O/c1-9(13)10-5-3-4-6-16(10)11-7-14-8-12(15-11)17-2/h7-10H,3-6,13H2,1-2H3. The molecule has 2 rings (SSSR count). The van der Waals surface area contributed by atoms with Crippen LogP contribution < -0.4 is 15.4 Å². The van der Waals surface area contributed by atoms with Gasteiger partial charge < -0.3 is 15.4 Å². The van der Waals surface area contributed by atoms with E-state index in [0.29, 0.717) is 11.9 Å². The molecule has 94 valence electrons. The van der Waals surface area contributed by atoms with Crippen molar-refractivity contribution in [3.8, 4) is 5.88 Å². The molecule has 1 fully saturated rings. The third-order valence-corrected chi connectivity index (χ3v) is 3.26. The molecule has 0 bridgehead atoms. The van der Waals surface area contributed by atoms with Gasteiger partial charge in [0.15, 0.2) is 5.82 Å². The van der Waals surface area contributed by atoms with E-state index in [-0.39, 0.29) is 6.04 Å². The second kappa shape index (κ2) is 5.31. The van der Waals surface area contributed by atoms with Crippen molar-refractivity contribution in [2.75, 3.05) is 18.6 Å². The smallest absolute Gasteiger partial charge is 0.233 e. The van der Waals surface area contributed by atoms with Crippen LogP contribution in [0.15, 0.2) is 12.4 Å². The van der Waals surface area contributed by atoms with Crippen LogP contribution in [0.25, 0.3) is 0 Å². The van der Waals surface area contributed by atoms with Crippen LogP contribution in [-0.4, -0.2) is 35.7 Å². The summed E-state index contributed by atoms with van der Waals surface area (Å²) in [5.41, 5.74) is 6.04. The fourth-order valence-corrected chi connectivity index (χ4v) is 2.36. The molecule has 5 nitrogen and oxygen atoms in total. The largest absolute Gasteiger partial charge is 0.480 e. The van der Waals surface area contributed by atoms with Gasteiger partial charge in [0.1, 0.15) is 0 Å². The zero-order valence-electron chi connectivity index (χ0n) is 10.5. The van der Waals surface area contributed by atoms with E-state index in [1.54, 1.807) is 19.5 Å². The summed E-state index contributed by atoms with van der Waals surface area (Å²) in [6.07, 6.45) is 6.94. The maximum absolute atomic E-state index is 6.04. The van der Waals surface area contributed by atoms with Crippen molar-refractivity contribution in [1.82, 2.24) is 9.97 Å². The number of hydrogen-bond acceptors (Lipinski definition) is 5. The Hall–Kier alpha value is -1.36. The van der Waals surface area contributed by atoms with Crippen molar-refractivity contribution in [2.45, 2.75) is 38.3 Å². The molecule has 1 aromatic heterocycles. The van der Waals surface area contributed by atoms with Gasteiger partial charge in [-0.15, -0.1) is 0 Å². The third-order valence-electron chi connectivity index (χ3n) is 3.26. The maximum Gasteiger partial charge on any atom is 0.233 e. The average Bonchev–Trinajstić information content (AvgIpc) is 2.39. The molecular weight excluding hydrogens is 216 g/mol. The van der Waals surface area contributed by atoms with Crippen molar-refractivity contribution in [3.63, 3.8) is 0 Å². The highest BCUT2D eigenvalue weighted by atomic mass is 16.5. The molecule has 0 saturated carbocycles. The van der Waals surface area contributed by atoms with Gasteiger partial charge in [-0.2, -0.15) is 4.98 Å². The molecule has 17 heavy (non-hydrogen) atoms. The minimum Gasteiger partial charge on any atom is -0.480 e. The summed E-state index contributed by atoms with van der Waals surface area (Å²) in [6, 6.07) is 0.494. The van der Waals surface area contributed by atoms with E-state index in [2.05, 4.69) is 21.8 Å². The zero-order chi connectivity index (χ0) is 12.3. The van der Waals surface area contributed by atoms with Crippen molar-refractivity contribution in [3.05, 3.63) is 12.4 Å². The van der Waals surface area contributed by atoms with Gasteiger partial charge in [-0.25, -0.2) is 0 Å². The fraction of sp³-hybridized carbons (Fsp3) is 0.667. The molecule has 1 saturated heterocycles. The lowest BCUT2D eigenvalue weighted by molar-refractivity contribution is 0.387. The van der Waals surface area contributed by atoms with Crippen LogP contribution in [0.3, 0.4) is 0 Å². The van der Waals surface area contributed by atoms with Gasteiger partial charge in [0, 0.05) is 18.6 Å². The number of rotatable bonds is 3. The lowest BCUT2D eigenvalue weighted by atomic mass is 9.97. The molecule has 2 N–H and O–H groups in total. The van der Waals surface area contributed by atoms with Crippen LogP contribution in [0.5, 0.6) is 5.88 Å². The van der Waals surface area contributed by atoms with Crippen molar-refractivity contribution in [1.29, 1.82) is 0 Å². The van der Waals surface area contributed by atoms with Gasteiger partial charge in [0.05, 0.1) is 19.5 Å². The second-order valence-corrected chi connectivity index (χ2v) is 4.54. The van der Waals surface area contributed by atoms with Crippen LogP contribution in [0.1, 0.15) is 26.2 Å². The molecule has 2 heterocycles. The minimum atomic E-state index is 0.142. The number of aromatic nitrogens is 2. The molecule has 5 heteroatoms. The summed E-state index contributed by atoms with van der Waals surface area (Å²) >= 11 is 0. The maximum atomic E-state index is 6.04. The Morgan fingerprint density at radius 2 is 2.29 bits per heavy atom. The van der Waals surface area contributed by atoms with Crippen molar-refractivity contribution < 1.29 is 4.74 Å². The first kappa shape index (κ1) is 12.1. The molecule has 0 aliphatic carbocycles. The topological polar surface area (TPSA) is 64.3 Å². The Morgan fingerprint density at radius 3 is 3.00 bits per heavy atom. The quantitative estimate of drug-likeness (QED) is 0.854. The Morgan fingerprint density at radius 1 is 1.47 bits per heavy atom. The number of anilines is 1. The number of hydrogen-bond donors (Lipinski definition) is 1. The Bertz CT molecular complexity index is 369.